The molecule has 1 aromatic rings. The fraction of sp³-hybridized carbons (Fsp3) is 0.588. The second kappa shape index (κ2) is 4.65. The highest BCUT2D eigenvalue weighted by Crippen LogP contribution is 2.50. The van der Waals surface area contributed by atoms with E-state index in [4.69, 9.17) is 0 Å². The lowest BCUT2D eigenvalue weighted by Gasteiger charge is -2.48. The van der Waals surface area contributed by atoms with Crippen LogP contribution in [0.3, 0.4) is 0 Å². The number of aliphatic hydroxyl groups is 1. The number of fused-ring (bicyclic) bond motifs is 1. The smallest absolute Gasteiger partial charge is 0.111 e. The predicted molar refractivity (Wildman–Crippen MR) is 74.7 cm³/mol. The zero-order valence-corrected chi connectivity index (χ0v) is 11.4. The van der Waals surface area contributed by atoms with Crippen LogP contribution in [-0.4, -0.2) is 10.7 Å². The van der Waals surface area contributed by atoms with E-state index < -0.39 is 11.0 Å². The molecule has 0 aliphatic heterocycles. The maximum Gasteiger partial charge on any atom is 0.111 e. The molecule has 2 aliphatic rings. The number of nitrogens with zero attached hydrogens (tertiary/aromatic N) is 1. The number of nitriles is 1. The van der Waals surface area contributed by atoms with Crippen LogP contribution in [0.5, 0.6) is 0 Å². The van der Waals surface area contributed by atoms with Gasteiger partial charge in [0.2, 0.25) is 0 Å². The first kappa shape index (κ1) is 12.7. The summed E-state index contributed by atoms with van der Waals surface area (Å²) in [7, 11) is 0. The molecule has 1 atom stereocenters. The molecule has 100 valence electrons. The van der Waals surface area contributed by atoms with Crippen molar-refractivity contribution in [2.75, 3.05) is 0 Å². The van der Waals surface area contributed by atoms with E-state index in [9.17, 15) is 10.4 Å². The Kier molecular flexibility index (Phi) is 3.11. The Morgan fingerprint density at radius 1 is 1.00 bits per heavy atom. The number of rotatable bonds is 1. The van der Waals surface area contributed by atoms with Gasteiger partial charge in [-0.25, -0.2) is 0 Å². The lowest BCUT2D eigenvalue weighted by molar-refractivity contribution is -0.0537. The summed E-state index contributed by atoms with van der Waals surface area (Å²) in [6.45, 7) is 0. The number of aryl methyl sites for hydroxylation is 1. The van der Waals surface area contributed by atoms with Crippen molar-refractivity contribution in [1.29, 1.82) is 5.26 Å². The van der Waals surface area contributed by atoms with E-state index in [0.29, 0.717) is 0 Å². The first-order valence-electron chi connectivity index (χ1n) is 7.44. The summed E-state index contributed by atoms with van der Waals surface area (Å²) < 4.78 is 0. The topological polar surface area (TPSA) is 44.0 Å². The van der Waals surface area contributed by atoms with Crippen LogP contribution in [0.1, 0.15) is 56.1 Å². The van der Waals surface area contributed by atoms with Gasteiger partial charge in [0.05, 0.1) is 11.7 Å². The molecule has 1 fully saturated rings. The van der Waals surface area contributed by atoms with Gasteiger partial charge in [0.25, 0.3) is 0 Å². The molecule has 0 saturated heterocycles. The van der Waals surface area contributed by atoms with E-state index in [2.05, 4.69) is 18.2 Å². The van der Waals surface area contributed by atoms with Crippen LogP contribution in [0.25, 0.3) is 0 Å². The van der Waals surface area contributed by atoms with E-state index in [1.165, 1.54) is 12.0 Å². The quantitative estimate of drug-likeness (QED) is 0.835. The van der Waals surface area contributed by atoms with Crippen LogP contribution in [0.15, 0.2) is 24.3 Å². The molecule has 1 N–H and O–H groups in total. The molecule has 0 bridgehead atoms. The summed E-state index contributed by atoms with van der Waals surface area (Å²) in [5.41, 5.74) is 0.848. The van der Waals surface area contributed by atoms with Crippen molar-refractivity contribution < 1.29 is 5.11 Å². The monoisotopic (exact) mass is 255 g/mol. The number of hydrogen-bond acceptors (Lipinski definition) is 2. The summed E-state index contributed by atoms with van der Waals surface area (Å²) in [6.07, 6.45) is 7.67. The van der Waals surface area contributed by atoms with Crippen molar-refractivity contribution in [2.45, 2.75) is 62.4 Å². The van der Waals surface area contributed by atoms with Crippen LogP contribution in [0, 0.1) is 11.3 Å². The van der Waals surface area contributed by atoms with Gasteiger partial charge in [-0.3, -0.25) is 0 Å². The lowest BCUT2D eigenvalue weighted by Crippen LogP contribution is -2.53. The van der Waals surface area contributed by atoms with Crippen LogP contribution in [0.4, 0.5) is 0 Å². The molecule has 1 aromatic carbocycles. The molecule has 1 unspecified atom stereocenters. The van der Waals surface area contributed by atoms with Crippen molar-refractivity contribution in [3.63, 3.8) is 0 Å². The summed E-state index contributed by atoms with van der Waals surface area (Å²) in [5, 5.41) is 21.1. The van der Waals surface area contributed by atoms with Crippen molar-refractivity contribution in [3.8, 4) is 6.07 Å². The van der Waals surface area contributed by atoms with E-state index in [1.54, 1.807) is 0 Å². The molecule has 19 heavy (non-hydrogen) atoms. The van der Waals surface area contributed by atoms with Crippen LogP contribution < -0.4 is 0 Å². The summed E-state index contributed by atoms with van der Waals surface area (Å²) in [4.78, 5) is 0. The van der Waals surface area contributed by atoms with Crippen molar-refractivity contribution in [3.05, 3.63) is 35.4 Å². The molecule has 2 nitrogen and oxygen atoms in total. The molecule has 0 radical (unpaired) electrons. The second-order valence-corrected chi connectivity index (χ2v) is 6.12. The fourth-order valence-electron chi connectivity index (χ4n) is 4.10. The highest BCUT2D eigenvalue weighted by Gasteiger charge is 2.53. The highest BCUT2D eigenvalue weighted by atomic mass is 16.3. The standard InChI is InChI=1S/C17H21NO/c18-13-16(17(19)11-4-1-5-12-17)10-6-8-14-7-2-3-9-15(14)16/h2-3,7,9,19H,1,4-6,8,10-12H2. The summed E-state index contributed by atoms with van der Waals surface area (Å²) >= 11 is 0. The van der Waals surface area contributed by atoms with Gasteiger partial charge in [-0.2, -0.15) is 5.26 Å². The molecule has 2 heteroatoms. The Morgan fingerprint density at radius 2 is 1.74 bits per heavy atom. The van der Waals surface area contributed by atoms with Crippen LogP contribution in [0.2, 0.25) is 0 Å². The molecule has 3 rings (SSSR count). The van der Waals surface area contributed by atoms with Crippen molar-refractivity contribution in [2.24, 2.45) is 0 Å². The van der Waals surface area contributed by atoms with E-state index in [-0.39, 0.29) is 0 Å². The van der Waals surface area contributed by atoms with Crippen LogP contribution >= 0.6 is 0 Å². The molecular weight excluding hydrogens is 234 g/mol. The van der Waals surface area contributed by atoms with E-state index in [1.807, 2.05) is 12.1 Å². The van der Waals surface area contributed by atoms with Gasteiger partial charge in [0, 0.05) is 0 Å². The highest BCUT2D eigenvalue weighted by molar-refractivity contribution is 5.45. The molecule has 0 amide bonds. The maximum absolute atomic E-state index is 11.2. The van der Waals surface area contributed by atoms with Gasteiger partial charge < -0.3 is 5.11 Å². The first-order chi connectivity index (χ1) is 9.22. The maximum atomic E-state index is 11.2. The molecule has 0 aromatic heterocycles. The second-order valence-electron chi connectivity index (χ2n) is 6.12. The van der Waals surface area contributed by atoms with Crippen molar-refractivity contribution >= 4 is 0 Å². The molecular formula is C17H21NO. The third-order valence-electron chi connectivity index (χ3n) is 5.14. The minimum Gasteiger partial charge on any atom is -0.388 e. The van der Waals surface area contributed by atoms with Gasteiger partial charge in [0.15, 0.2) is 0 Å². The Hall–Kier alpha value is -1.33. The number of hydrogen-bond donors (Lipinski definition) is 1. The Balaban J connectivity index is 2.12. The number of benzene rings is 1. The fourth-order valence-corrected chi connectivity index (χ4v) is 4.10. The Labute approximate surface area is 115 Å². The summed E-state index contributed by atoms with van der Waals surface area (Å²) in [6, 6.07) is 10.8. The zero-order chi connectivity index (χ0) is 13.3. The van der Waals surface area contributed by atoms with E-state index >= 15 is 0 Å². The largest absolute Gasteiger partial charge is 0.388 e. The minimum atomic E-state index is -0.823. The molecule has 0 spiro atoms. The minimum absolute atomic E-state index is 0.678. The lowest BCUT2D eigenvalue weighted by atomic mass is 9.57. The third-order valence-corrected chi connectivity index (χ3v) is 5.14. The van der Waals surface area contributed by atoms with Gasteiger partial charge >= 0.3 is 0 Å². The average Bonchev–Trinajstić information content (AvgIpc) is 2.47. The Morgan fingerprint density at radius 3 is 2.47 bits per heavy atom. The van der Waals surface area contributed by atoms with Crippen LogP contribution in [-0.2, 0) is 11.8 Å². The Bertz CT molecular complexity index is 510. The van der Waals surface area contributed by atoms with Crippen molar-refractivity contribution in [1.82, 2.24) is 0 Å². The molecule has 2 aliphatic carbocycles. The SMILES string of the molecule is N#CC1(C2(O)CCCCC2)CCCc2ccccc21. The predicted octanol–water partition coefficient (Wildman–Crippen LogP) is 3.48. The normalized spacial score (nSPS) is 29.3. The van der Waals surface area contributed by atoms with E-state index in [0.717, 1.165) is 50.5 Å². The molecule has 0 heterocycles. The molecule has 1 saturated carbocycles. The summed E-state index contributed by atoms with van der Waals surface area (Å²) in [5.74, 6) is 0. The van der Waals surface area contributed by atoms with Gasteiger partial charge in [0.1, 0.15) is 5.41 Å². The first-order valence-corrected chi connectivity index (χ1v) is 7.44. The zero-order valence-electron chi connectivity index (χ0n) is 11.4. The van der Waals surface area contributed by atoms with Gasteiger partial charge in [-0.15, -0.1) is 0 Å². The van der Waals surface area contributed by atoms with Gasteiger partial charge in [-0.1, -0.05) is 43.5 Å². The average molecular weight is 255 g/mol. The van der Waals surface area contributed by atoms with Gasteiger partial charge in [-0.05, 0) is 43.2 Å². The third kappa shape index (κ3) is 1.80.